The van der Waals surface area contributed by atoms with E-state index < -0.39 is 11.7 Å². The van der Waals surface area contributed by atoms with Crippen LogP contribution in [0.2, 0.25) is 5.02 Å². The Morgan fingerprint density at radius 2 is 2.00 bits per heavy atom. The normalized spacial score (nSPS) is 10.9. The number of rotatable bonds is 7. The van der Waals surface area contributed by atoms with E-state index in [1.54, 1.807) is 29.8 Å². The van der Waals surface area contributed by atoms with Gasteiger partial charge >= 0.3 is 0 Å². The number of carbonyl (C=O) groups excluding carboxylic acids is 1. The van der Waals surface area contributed by atoms with E-state index in [0.29, 0.717) is 34.5 Å². The first-order valence-electron chi connectivity index (χ1n) is 9.83. The Hall–Kier alpha value is -3.65. The summed E-state index contributed by atoms with van der Waals surface area (Å²) in [6.07, 6.45) is 0. The van der Waals surface area contributed by atoms with Gasteiger partial charge in [0.15, 0.2) is 11.5 Å². The number of nitrogens with one attached hydrogen (secondary N) is 1. The maximum Gasteiger partial charge on any atom is 0.279 e. The first kappa shape index (κ1) is 21.6. The number of halogens is 2. The molecule has 7 nitrogen and oxygen atoms in total. The molecule has 0 saturated heterocycles. The summed E-state index contributed by atoms with van der Waals surface area (Å²) < 4.78 is 25.9. The number of aryl methyl sites for hydroxylation is 2. The molecule has 1 amide bonds. The van der Waals surface area contributed by atoms with Crippen LogP contribution < -0.4 is 10.1 Å². The second-order valence-corrected chi connectivity index (χ2v) is 7.66. The van der Waals surface area contributed by atoms with Gasteiger partial charge in [-0.25, -0.2) is 4.39 Å². The monoisotopic (exact) mass is 454 g/mol. The number of aromatic nitrogens is 3. The van der Waals surface area contributed by atoms with E-state index in [1.807, 2.05) is 31.2 Å². The fourth-order valence-electron chi connectivity index (χ4n) is 3.17. The lowest BCUT2D eigenvalue weighted by Crippen LogP contribution is -2.16. The number of nitrogens with zero attached hydrogens (tertiary/aromatic N) is 3. The summed E-state index contributed by atoms with van der Waals surface area (Å²) in [5.74, 6) is 0.270. The molecule has 0 bridgehead atoms. The molecule has 0 atom stereocenters. The zero-order valence-electron chi connectivity index (χ0n) is 17.4. The molecule has 9 heteroatoms. The Bertz CT molecular complexity index is 1270. The van der Waals surface area contributed by atoms with Crippen LogP contribution in [0.4, 0.5) is 10.2 Å². The Morgan fingerprint density at radius 3 is 2.78 bits per heavy atom. The predicted molar refractivity (Wildman–Crippen MR) is 117 cm³/mol. The van der Waals surface area contributed by atoms with Gasteiger partial charge in [0.25, 0.3) is 5.91 Å². The van der Waals surface area contributed by atoms with E-state index in [4.69, 9.17) is 20.9 Å². The van der Waals surface area contributed by atoms with Gasteiger partial charge in [-0.3, -0.25) is 9.48 Å². The molecule has 2 heterocycles. The summed E-state index contributed by atoms with van der Waals surface area (Å²) in [6, 6.07) is 15.0. The third kappa shape index (κ3) is 4.97. The largest absolute Gasteiger partial charge is 0.489 e. The second kappa shape index (κ2) is 9.23. The van der Waals surface area contributed by atoms with Crippen LogP contribution in [0.5, 0.6) is 5.75 Å². The van der Waals surface area contributed by atoms with Crippen molar-refractivity contribution in [3.8, 4) is 5.75 Å². The fourth-order valence-corrected chi connectivity index (χ4v) is 3.38. The molecule has 2 aromatic carbocycles. The Labute approximate surface area is 188 Å². The number of amides is 1. The van der Waals surface area contributed by atoms with Gasteiger partial charge in [0.05, 0.1) is 12.1 Å². The van der Waals surface area contributed by atoms with Gasteiger partial charge < -0.3 is 14.6 Å². The second-order valence-electron chi connectivity index (χ2n) is 7.22. The van der Waals surface area contributed by atoms with Crippen LogP contribution in [0.25, 0.3) is 0 Å². The van der Waals surface area contributed by atoms with Gasteiger partial charge in [0, 0.05) is 22.8 Å². The van der Waals surface area contributed by atoms with Crippen molar-refractivity contribution in [2.45, 2.75) is 27.0 Å². The fraction of sp³-hybridized carbons (Fsp3) is 0.174. The lowest BCUT2D eigenvalue weighted by molar-refractivity contribution is 0.101. The number of hydrogen-bond acceptors (Lipinski definition) is 5. The van der Waals surface area contributed by atoms with Crippen molar-refractivity contribution in [3.63, 3.8) is 0 Å². The van der Waals surface area contributed by atoms with E-state index >= 15 is 0 Å². The van der Waals surface area contributed by atoms with Crippen molar-refractivity contribution < 1.29 is 18.4 Å². The van der Waals surface area contributed by atoms with Crippen molar-refractivity contribution in [2.75, 3.05) is 5.32 Å². The minimum absolute atomic E-state index is 0.00374. The van der Waals surface area contributed by atoms with Crippen molar-refractivity contribution in [3.05, 3.63) is 93.7 Å². The van der Waals surface area contributed by atoms with Crippen LogP contribution >= 0.6 is 11.6 Å². The molecular weight excluding hydrogens is 435 g/mol. The smallest absolute Gasteiger partial charge is 0.279 e. The third-order valence-corrected chi connectivity index (χ3v) is 5.06. The summed E-state index contributed by atoms with van der Waals surface area (Å²) in [6.45, 7) is 4.09. The molecule has 0 aliphatic heterocycles. The molecule has 4 aromatic rings. The number of benzene rings is 2. The van der Waals surface area contributed by atoms with Crippen molar-refractivity contribution in [1.29, 1.82) is 0 Å². The Kier molecular flexibility index (Phi) is 6.23. The molecule has 0 radical (unpaired) electrons. The SMILES string of the molecule is Cc1onc(C(=O)Nc2cc(C)n(Cc3cccc(Cl)c3)n2)c1COc1cccc(F)c1. The van der Waals surface area contributed by atoms with E-state index in [9.17, 15) is 9.18 Å². The number of anilines is 1. The minimum Gasteiger partial charge on any atom is -0.489 e. The first-order chi connectivity index (χ1) is 15.4. The van der Waals surface area contributed by atoms with Gasteiger partial charge in [-0.15, -0.1) is 0 Å². The van der Waals surface area contributed by atoms with Crippen LogP contribution in [0, 0.1) is 19.7 Å². The molecule has 164 valence electrons. The summed E-state index contributed by atoms with van der Waals surface area (Å²) >= 11 is 6.05. The van der Waals surface area contributed by atoms with Crippen LogP contribution in [0.1, 0.15) is 33.1 Å². The summed E-state index contributed by atoms with van der Waals surface area (Å²) in [4.78, 5) is 12.8. The highest BCUT2D eigenvalue weighted by molar-refractivity contribution is 6.30. The van der Waals surface area contributed by atoms with Crippen molar-refractivity contribution in [2.24, 2.45) is 0 Å². The van der Waals surface area contributed by atoms with E-state index in [-0.39, 0.29) is 12.3 Å². The lowest BCUT2D eigenvalue weighted by Gasteiger charge is -2.07. The van der Waals surface area contributed by atoms with E-state index in [2.05, 4.69) is 15.6 Å². The van der Waals surface area contributed by atoms with Crippen LogP contribution in [0.3, 0.4) is 0 Å². The highest BCUT2D eigenvalue weighted by atomic mass is 35.5. The number of ether oxygens (including phenoxy) is 1. The highest BCUT2D eigenvalue weighted by Crippen LogP contribution is 2.20. The molecular formula is C23H20ClFN4O3. The Balaban J connectivity index is 1.46. The van der Waals surface area contributed by atoms with E-state index in [1.165, 1.54) is 12.1 Å². The molecule has 1 N–H and O–H groups in total. The lowest BCUT2D eigenvalue weighted by atomic mass is 10.2. The Morgan fingerprint density at radius 1 is 1.19 bits per heavy atom. The molecule has 0 aliphatic rings. The van der Waals surface area contributed by atoms with Crippen molar-refractivity contribution >= 4 is 23.3 Å². The van der Waals surface area contributed by atoms with Gasteiger partial charge in [-0.1, -0.05) is 35.0 Å². The van der Waals surface area contributed by atoms with Crippen molar-refractivity contribution in [1.82, 2.24) is 14.9 Å². The zero-order chi connectivity index (χ0) is 22.7. The number of carbonyl (C=O) groups is 1. The molecule has 2 aromatic heterocycles. The topological polar surface area (TPSA) is 82.2 Å². The average Bonchev–Trinajstić information content (AvgIpc) is 3.28. The maximum absolute atomic E-state index is 13.4. The average molecular weight is 455 g/mol. The first-order valence-corrected chi connectivity index (χ1v) is 10.2. The molecule has 0 saturated carbocycles. The highest BCUT2D eigenvalue weighted by Gasteiger charge is 2.21. The van der Waals surface area contributed by atoms with Crippen LogP contribution in [-0.2, 0) is 13.2 Å². The predicted octanol–water partition coefficient (Wildman–Crippen LogP) is 5.16. The van der Waals surface area contributed by atoms with Gasteiger partial charge in [0.1, 0.15) is 23.9 Å². The van der Waals surface area contributed by atoms with Crippen LogP contribution in [0.15, 0.2) is 59.1 Å². The minimum atomic E-state index is -0.480. The number of hydrogen-bond donors (Lipinski definition) is 1. The summed E-state index contributed by atoms with van der Waals surface area (Å²) in [5.41, 5.74) is 2.42. The van der Waals surface area contributed by atoms with Crippen LogP contribution in [-0.4, -0.2) is 20.8 Å². The zero-order valence-corrected chi connectivity index (χ0v) is 18.2. The van der Waals surface area contributed by atoms with Gasteiger partial charge in [0.2, 0.25) is 0 Å². The van der Waals surface area contributed by atoms with E-state index in [0.717, 1.165) is 11.3 Å². The molecule has 0 spiro atoms. The quantitative estimate of drug-likeness (QED) is 0.417. The molecule has 4 rings (SSSR count). The third-order valence-electron chi connectivity index (χ3n) is 4.82. The molecule has 0 aliphatic carbocycles. The summed E-state index contributed by atoms with van der Waals surface area (Å²) in [7, 11) is 0. The standard InChI is InChI=1S/C23H20ClFN4O3/c1-14-9-21(27-29(14)12-16-5-3-6-17(24)10-16)26-23(30)22-20(15(2)32-28-22)13-31-19-8-4-7-18(25)11-19/h3-11H,12-13H2,1-2H3,(H,26,27,30). The van der Waals surface area contributed by atoms with Gasteiger partial charge in [-0.2, -0.15) is 5.10 Å². The maximum atomic E-state index is 13.4. The van der Waals surface area contributed by atoms with Gasteiger partial charge in [-0.05, 0) is 43.7 Å². The summed E-state index contributed by atoms with van der Waals surface area (Å²) in [5, 5.41) is 11.7. The molecule has 0 unspecified atom stereocenters. The molecule has 0 fully saturated rings. The molecule has 32 heavy (non-hydrogen) atoms.